The number of benzene rings is 1. The van der Waals surface area contributed by atoms with Crippen molar-refractivity contribution in [1.29, 1.82) is 5.41 Å². The summed E-state index contributed by atoms with van der Waals surface area (Å²) >= 11 is 0. The predicted molar refractivity (Wildman–Crippen MR) is 61.0 cm³/mol. The van der Waals surface area contributed by atoms with Crippen molar-refractivity contribution in [2.24, 2.45) is 5.73 Å². The van der Waals surface area contributed by atoms with Crippen LogP contribution in [0.3, 0.4) is 0 Å². The molecule has 0 fully saturated rings. The van der Waals surface area contributed by atoms with Crippen molar-refractivity contribution in [3.8, 4) is 0 Å². The Bertz CT molecular complexity index is 331. The molecule has 0 bridgehead atoms. The third kappa shape index (κ3) is 2.05. The normalized spacial score (nSPS) is 10.3. The van der Waals surface area contributed by atoms with Crippen molar-refractivity contribution in [2.75, 3.05) is 11.9 Å². The maximum absolute atomic E-state index is 7.46. The first-order chi connectivity index (χ1) is 6.54. The molecule has 76 valence electrons. The van der Waals surface area contributed by atoms with Crippen LogP contribution in [0, 0.1) is 5.41 Å². The second-order valence-electron chi connectivity index (χ2n) is 3.64. The Kier molecular flexibility index (Phi) is 3.12. The molecule has 0 saturated heterocycles. The Labute approximate surface area is 85.0 Å². The minimum Gasteiger partial charge on any atom is -0.384 e. The zero-order chi connectivity index (χ0) is 10.7. The molecule has 0 atom stereocenters. The SMILES string of the molecule is CC(C)N(C)c1ccccc1C(=N)N. The van der Waals surface area contributed by atoms with Crippen molar-refractivity contribution < 1.29 is 0 Å². The molecule has 0 heterocycles. The fourth-order valence-corrected chi connectivity index (χ4v) is 1.29. The maximum Gasteiger partial charge on any atom is 0.124 e. The van der Waals surface area contributed by atoms with Gasteiger partial charge in [0.25, 0.3) is 0 Å². The van der Waals surface area contributed by atoms with Crippen LogP contribution in [-0.4, -0.2) is 18.9 Å². The summed E-state index contributed by atoms with van der Waals surface area (Å²) in [7, 11) is 2.01. The molecular formula is C11H17N3. The van der Waals surface area contributed by atoms with Crippen molar-refractivity contribution in [3.63, 3.8) is 0 Å². The lowest BCUT2D eigenvalue weighted by Crippen LogP contribution is -2.28. The van der Waals surface area contributed by atoms with Gasteiger partial charge in [-0.3, -0.25) is 5.41 Å². The Morgan fingerprint density at radius 2 is 1.93 bits per heavy atom. The van der Waals surface area contributed by atoms with E-state index in [1.165, 1.54) is 0 Å². The van der Waals surface area contributed by atoms with E-state index in [9.17, 15) is 0 Å². The highest BCUT2D eigenvalue weighted by molar-refractivity contribution is 6.00. The average molecular weight is 191 g/mol. The molecular weight excluding hydrogens is 174 g/mol. The summed E-state index contributed by atoms with van der Waals surface area (Å²) in [6.07, 6.45) is 0. The molecule has 0 unspecified atom stereocenters. The number of nitrogens with two attached hydrogens (primary N) is 1. The number of nitrogens with zero attached hydrogens (tertiary/aromatic N) is 1. The van der Waals surface area contributed by atoms with Gasteiger partial charge in [-0.25, -0.2) is 0 Å². The molecule has 1 aromatic rings. The molecule has 1 aromatic carbocycles. The first-order valence-corrected chi connectivity index (χ1v) is 4.70. The van der Waals surface area contributed by atoms with Crippen LogP contribution in [0.2, 0.25) is 0 Å². The highest BCUT2D eigenvalue weighted by Gasteiger charge is 2.10. The minimum atomic E-state index is 0.119. The van der Waals surface area contributed by atoms with Crippen molar-refractivity contribution >= 4 is 11.5 Å². The molecule has 0 radical (unpaired) electrons. The van der Waals surface area contributed by atoms with E-state index in [2.05, 4.69) is 18.7 Å². The Balaban J connectivity index is 3.13. The fraction of sp³-hybridized carbons (Fsp3) is 0.364. The maximum atomic E-state index is 7.46. The summed E-state index contributed by atoms with van der Waals surface area (Å²) < 4.78 is 0. The quantitative estimate of drug-likeness (QED) is 0.565. The number of para-hydroxylation sites is 1. The van der Waals surface area contributed by atoms with Crippen molar-refractivity contribution in [1.82, 2.24) is 0 Å². The van der Waals surface area contributed by atoms with Gasteiger partial charge >= 0.3 is 0 Å². The van der Waals surface area contributed by atoms with E-state index in [0.29, 0.717) is 6.04 Å². The van der Waals surface area contributed by atoms with E-state index in [-0.39, 0.29) is 5.84 Å². The van der Waals surface area contributed by atoms with Gasteiger partial charge in [0.2, 0.25) is 0 Å². The third-order valence-corrected chi connectivity index (χ3v) is 2.35. The molecule has 0 aliphatic heterocycles. The van der Waals surface area contributed by atoms with Crippen LogP contribution < -0.4 is 10.6 Å². The summed E-state index contributed by atoms with van der Waals surface area (Å²) in [5.74, 6) is 0.119. The van der Waals surface area contributed by atoms with Gasteiger partial charge in [0.1, 0.15) is 5.84 Å². The monoisotopic (exact) mass is 191 g/mol. The molecule has 1 rings (SSSR count). The topological polar surface area (TPSA) is 53.1 Å². The number of nitrogen functional groups attached to an aromatic ring is 1. The summed E-state index contributed by atoms with van der Waals surface area (Å²) in [5, 5.41) is 7.46. The van der Waals surface area contributed by atoms with Gasteiger partial charge in [0, 0.05) is 24.3 Å². The second kappa shape index (κ2) is 4.13. The van der Waals surface area contributed by atoms with E-state index in [4.69, 9.17) is 11.1 Å². The lowest BCUT2D eigenvalue weighted by Gasteiger charge is -2.25. The van der Waals surface area contributed by atoms with E-state index >= 15 is 0 Å². The van der Waals surface area contributed by atoms with Gasteiger partial charge in [-0.05, 0) is 26.0 Å². The first kappa shape index (κ1) is 10.6. The molecule has 0 spiro atoms. The molecule has 0 aromatic heterocycles. The number of hydrogen-bond donors (Lipinski definition) is 2. The van der Waals surface area contributed by atoms with Gasteiger partial charge in [0.15, 0.2) is 0 Å². The van der Waals surface area contributed by atoms with Gasteiger partial charge < -0.3 is 10.6 Å². The largest absolute Gasteiger partial charge is 0.384 e. The molecule has 3 N–H and O–H groups in total. The van der Waals surface area contributed by atoms with Gasteiger partial charge in [-0.2, -0.15) is 0 Å². The summed E-state index contributed by atoms with van der Waals surface area (Å²) in [4.78, 5) is 2.11. The van der Waals surface area contributed by atoms with Crippen LogP contribution in [0.5, 0.6) is 0 Å². The molecule has 0 aliphatic carbocycles. The highest BCUT2D eigenvalue weighted by Crippen LogP contribution is 2.20. The zero-order valence-corrected chi connectivity index (χ0v) is 8.91. The minimum absolute atomic E-state index is 0.119. The standard InChI is InChI=1S/C11H17N3/c1-8(2)14(3)10-7-5-4-6-9(10)11(12)13/h4-8H,1-3H3,(H3,12,13). The molecule has 0 saturated carbocycles. The number of anilines is 1. The number of rotatable bonds is 3. The Hall–Kier alpha value is -1.51. The predicted octanol–water partition coefficient (Wildman–Crippen LogP) is 1.82. The van der Waals surface area contributed by atoms with Gasteiger partial charge in [-0.1, -0.05) is 12.1 Å². The molecule has 3 nitrogen and oxygen atoms in total. The first-order valence-electron chi connectivity index (χ1n) is 4.70. The third-order valence-electron chi connectivity index (χ3n) is 2.35. The smallest absolute Gasteiger partial charge is 0.124 e. The van der Waals surface area contributed by atoms with E-state index in [0.717, 1.165) is 11.3 Å². The van der Waals surface area contributed by atoms with Crippen LogP contribution in [-0.2, 0) is 0 Å². The molecule has 3 heteroatoms. The summed E-state index contributed by atoms with van der Waals surface area (Å²) in [6.45, 7) is 4.22. The van der Waals surface area contributed by atoms with Crippen LogP contribution in [0.1, 0.15) is 19.4 Å². The summed E-state index contributed by atoms with van der Waals surface area (Å²) in [5.41, 5.74) is 7.31. The van der Waals surface area contributed by atoms with E-state index < -0.39 is 0 Å². The Morgan fingerprint density at radius 3 is 2.43 bits per heavy atom. The lowest BCUT2D eigenvalue weighted by atomic mass is 10.1. The summed E-state index contributed by atoms with van der Waals surface area (Å²) in [6, 6.07) is 8.11. The molecule has 14 heavy (non-hydrogen) atoms. The lowest BCUT2D eigenvalue weighted by molar-refractivity contribution is 0.754. The van der Waals surface area contributed by atoms with Crippen LogP contribution in [0.4, 0.5) is 5.69 Å². The van der Waals surface area contributed by atoms with E-state index in [1.54, 1.807) is 0 Å². The fourth-order valence-electron chi connectivity index (χ4n) is 1.29. The zero-order valence-electron chi connectivity index (χ0n) is 8.91. The van der Waals surface area contributed by atoms with E-state index in [1.807, 2.05) is 31.3 Å². The van der Waals surface area contributed by atoms with Gasteiger partial charge in [-0.15, -0.1) is 0 Å². The molecule has 0 amide bonds. The van der Waals surface area contributed by atoms with Crippen LogP contribution >= 0.6 is 0 Å². The highest BCUT2D eigenvalue weighted by atomic mass is 15.1. The average Bonchev–Trinajstić information content (AvgIpc) is 2.16. The second-order valence-corrected chi connectivity index (χ2v) is 3.64. The number of hydrogen-bond acceptors (Lipinski definition) is 2. The number of amidine groups is 1. The van der Waals surface area contributed by atoms with Crippen molar-refractivity contribution in [3.05, 3.63) is 29.8 Å². The van der Waals surface area contributed by atoms with Crippen molar-refractivity contribution in [2.45, 2.75) is 19.9 Å². The Morgan fingerprint density at radius 1 is 1.36 bits per heavy atom. The van der Waals surface area contributed by atoms with Crippen LogP contribution in [0.15, 0.2) is 24.3 Å². The molecule has 0 aliphatic rings. The number of nitrogens with one attached hydrogen (secondary N) is 1. The van der Waals surface area contributed by atoms with Gasteiger partial charge in [0.05, 0.1) is 0 Å². The van der Waals surface area contributed by atoms with Crippen LogP contribution in [0.25, 0.3) is 0 Å².